The Labute approximate surface area is 198 Å². The lowest BCUT2D eigenvalue weighted by atomic mass is 9.47. The monoisotopic (exact) mass is 462 g/mol. The Balaban J connectivity index is 1.54. The van der Waals surface area contributed by atoms with E-state index in [-0.39, 0.29) is 40.9 Å². The van der Waals surface area contributed by atoms with Crippen LogP contribution in [-0.2, 0) is 19.1 Å². The molecule has 0 bridgehead atoms. The number of ether oxygens (including phenoxy) is 2. The van der Waals surface area contributed by atoms with Crippen LogP contribution in [-0.4, -0.2) is 30.0 Å². The lowest BCUT2D eigenvalue weighted by molar-refractivity contribution is -0.148. The number of halogens is 1. The molecule has 0 aromatic carbocycles. The second-order valence-electron chi connectivity index (χ2n) is 11.2. The quantitative estimate of drug-likeness (QED) is 0.276. The van der Waals surface area contributed by atoms with Gasteiger partial charge < -0.3 is 9.47 Å². The van der Waals surface area contributed by atoms with E-state index in [0.717, 1.165) is 32.1 Å². The van der Waals surface area contributed by atoms with Crippen molar-refractivity contribution < 1.29 is 19.1 Å². The highest BCUT2D eigenvalue weighted by Crippen LogP contribution is 2.66. The smallest absolute Gasteiger partial charge is 0.302 e. The standard InChI is InChI=1S/C27H39ClO4/c1-16(25(15-28)32-18(3)30)22-8-9-23-21-7-6-19-14-20(31-17(2)29)10-12-26(19,4)24(21)11-13-27(22,23)5/h6,8,16,20-21,23-25H,7,9-15H2,1-5H3/t16-,20-,21-,23-,24-,25+,26-,27+/m0/s1. The van der Waals surface area contributed by atoms with Crippen molar-refractivity contribution in [1.82, 2.24) is 0 Å². The minimum atomic E-state index is -0.263. The Bertz CT molecular complexity index is 832. The zero-order valence-corrected chi connectivity index (χ0v) is 21.0. The van der Waals surface area contributed by atoms with Crippen molar-refractivity contribution in [2.24, 2.45) is 34.5 Å². The average Bonchev–Trinajstić information content (AvgIpc) is 3.08. The highest BCUT2D eigenvalue weighted by molar-refractivity contribution is 6.18. The number of carbonyl (C=O) groups excluding carboxylic acids is 2. The molecular formula is C27H39ClO4. The van der Waals surface area contributed by atoms with Gasteiger partial charge in [0.1, 0.15) is 12.2 Å². The van der Waals surface area contributed by atoms with E-state index in [0.29, 0.717) is 23.6 Å². The second-order valence-corrected chi connectivity index (χ2v) is 11.5. The normalized spacial score (nSPS) is 40.1. The topological polar surface area (TPSA) is 52.6 Å². The number of hydrogen-bond donors (Lipinski definition) is 0. The van der Waals surface area contributed by atoms with Crippen LogP contribution >= 0.6 is 11.6 Å². The molecule has 0 aromatic rings. The zero-order chi connectivity index (χ0) is 23.3. The fourth-order valence-electron chi connectivity index (χ4n) is 7.95. The predicted molar refractivity (Wildman–Crippen MR) is 126 cm³/mol. The molecule has 5 heteroatoms. The summed E-state index contributed by atoms with van der Waals surface area (Å²) in [5.74, 6) is 2.06. The van der Waals surface area contributed by atoms with E-state index < -0.39 is 0 Å². The summed E-state index contributed by atoms with van der Waals surface area (Å²) in [7, 11) is 0. The van der Waals surface area contributed by atoms with Crippen molar-refractivity contribution in [2.45, 2.75) is 91.8 Å². The first-order valence-corrected chi connectivity index (χ1v) is 12.9. The van der Waals surface area contributed by atoms with Gasteiger partial charge in [-0.2, -0.15) is 0 Å². The fourth-order valence-corrected chi connectivity index (χ4v) is 8.28. The van der Waals surface area contributed by atoms with Crippen LogP contribution in [0, 0.1) is 34.5 Å². The van der Waals surface area contributed by atoms with E-state index in [9.17, 15) is 9.59 Å². The Hall–Kier alpha value is -1.29. The molecule has 0 spiro atoms. The SMILES string of the molecule is CC(=O)O[C@H]1CC[C@@]2(C)C(=CC[C@@H]3[C@@H]2CC[C@]2(C)C([C@H](C)[C@@H](CCl)OC(C)=O)=CC[C@@H]32)C1. The number of rotatable bonds is 5. The van der Waals surface area contributed by atoms with E-state index in [1.165, 1.54) is 37.8 Å². The number of esters is 2. The maximum Gasteiger partial charge on any atom is 0.302 e. The van der Waals surface area contributed by atoms with Crippen LogP contribution in [0.2, 0.25) is 0 Å². The van der Waals surface area contributed by atoms with Gasteiger partial charge in [0.25, 0.3) is 0 Å². The van der Waals surface area contributed by atoms with Crippen molar-refractivity contribution in [3.63, 3.8) is 0 Å². The molecule has 4 aliphatic carbocycles. The lowest BCUT2D eigenvalue weighted by Crippen LogP contribution is -2.50. The summed E-state index contributed by atoms with van der Waals surface area (Å²) in [5, 5.41) is 0. The van der Waals surface area contributed by atoms with Crippen LogP contribution in [0.15, 0.2) is 23.3 Å². The largest absolute Gasteiger partial charge is 0.462 e. The zero-order valence-electron chi connectivity index (χ0n) is 20.3. The summed E-state index contributed by atoms with van der Waals surface area (Å²) < 4.78 is 11.1. The fraction of sp³-hybridized carbons (Fsp3) is 0.778. The van der Waals surface area contributed by atoms with Gasteiger partial charge in [-0.1, -0.05) is 44.1 Å². The molecule has 0 unspecified atom stereocenters. The lowest BCUT2D eigenvalue weighted by Gasteiger charge is -2.58. The molecule has 0 heterocycles. The number of carbonyl (C=O) groups is 2. The molecule has 0 amide bonds. The maximum atomic E-state index is 11.6. The first-order valence-electron chi connectivity index (χ1n) is 12.4. The van der Waals surface area contributed by atoms with Gasteiger partial charge in [-0.15, -0.1) is 11.6 Å². The molecule has 0 N–H and O–H groups in total. The van der Waals surface area contributed by atoms with E-state index in [2.05, 4.69) is 32.9 Å². The molecule has 2 fully saturated rings. The van der Waals surface area contributed by atoms with E-state index in [1.807, 2.05) is 0 Å². The summed E-state index contributed by atoms with van der Waals surface area (Å²) in [6, 6.07) is 0. The summed E-state index contributed by atoms with van der Waals surface area (Å²) in [5.41, 5.74) is 3.36. The van der Waals surface area contributed by atoms with Crippen molar-refractivity contribution in [1.29, 1.82) is 0 Å². The Morgan fingerprint density at radius 3 is 2.44 bits per heavy atom. The van der Waals surface area contributed by atoms with E-state index >= 15 is 0 Å². The Morgan fingerprint density at radius 1 is 1.06 bits per heavy atom. The van der Waals surface area contributed by atoms with Crippen LogP contribution in [0.5, 0.6) is 0 Å². The van der Waals surface area contributed by atoms with Gasteiger partial charge in [-0.3, -0.25) is 9.59 Å². The van der Waals surface area contributed by atoms with Crippen molar-refractivity contribution in [3.05, 3.63) is 23.3 Å². The predicted octanol–water partition coefficient (Wildman–Crippen LogP) is 6.22. The first kappa shape index (κ1) is 23.9. The van der Waals surface area contributed by atoms with Crippen molar-refractivity contribution in [3.8, 4) is 0 Å². The third-order valence-corrected chi connectivity index (χ3v) is 9.85. The highest BCUT2D eigenvalue weighted by atomic mass is 35.5. The maximum absolute atomic E-state index is 11.6. The molecule has 4 aliphatic rings. The van der Waals surface area contributed by atoms with Crippen LogP contribution < -0.4 is 0 Å². The average molecular weight is 463 g/mol. The van der Waals surface area contributed by atoms with Crippen molar-refractivity contribution >= 4 is 23.5 Å². The van der Waals surface area contributed by atoms with Gasteiger partial charge in [0.15, 0.2) is 0 Å². The summed E-state index contributed by atoms with van der Waals surface area (Å²) in [6.45, 7) is 10.1. The second kappa shape index (κ2) is 8.81. The summed E-state index contributed by atoms with van der Waals surface area (Å²) in [6.07, 6.45) is 12.4. The van der Waals surface area contributed by atoms with E-state index in [1.54, 1.807) is 0 Å². The van der Waals surface area contributed by atoms with Crippen LogP contribution in [0.1, 0.15) is 79.6 Å². The molecule has 178 valence electrons. The number of alkyl halides is 1. The number of hydrogen-bond acceptors (Lipinski definition) is 4. The molecule has 8 atom stereocenters. The number of fused-ring (bicyclic) bond motifs is 5. The molecule has 2 saturated carbocycles. The Morgan fingerprint density at radius 2 is 1.78 bits per heavy atom. The van der Waals surface area contributed by atoms with Gasteiger partial charge in [-0.05, 0) is 67.1 Å². The molecule has 0 radical (unpaired) electrons. The highest BCUT2D eigenvalue weighted by Gasteiger charge is 2.57. The minimum absolute atomic E-state index is 0.0478. The summed E-state index contributed by atoms with van der Waals surface area (Å²) in [4.78, 5) is 23.1. The molecule has 32 heavy (non-hydrogen) atoms. The molecule has 0 saturated heterocycles. The van der Waals surface area contributed by atoms with Gasteiger partial charge in [-0.25, -0.2) is 0 Å². The molecule has 4 rings (SSSR count). The molecular weight excluding hydrogens is 424 g/mol. The van der Waals surface area contributed by atoms with Crippen LogP contribution in [0.25, 0.3) is 0 Å². The van der Waals surface area contributed by atoms with Crippen LogP contribution in [0.3, 0.4) is 0 Å². The van der Waals surface area contributed by atoms with Gasteiger partial charge in [0.2, 0.25) is 0 Å². The number of allylic oxidation sites excluding steroid dienone is 2. The molecule has 0 aliphatic heterocycles. The molecule has 0 aromatic heterocycles. The third-order valence-electron chi connectivity index (χ3n) is 9.55. The Kier molecular flexibility index (Phi) is 6.57. The van der Waals surface area contributed by atoms with Gasteiger partial charge >= 0.3 is 11.9 Å². The van der Waals surface area contributed by atoms with Gasteiger partial charge in [0, 0.05) is 26.2 Å². The van der Waals surface area contributed by atoms with Crippen molar-refractivity contribution in [2.75, 3.05) is 5.88 Å². The summed E-state index contributed by atoms with van der Waals surface area (Å²) >= 11 is 6.21. The minimum Gasteiger partial charge on any atom is -0.462 e. The van der Waals surface area contributed by atoms with Crippen LogP contribution in [0.4, 0.5) is 0 Å². The first-order chi connectivity index (χ1) is 15.1. The third kappa shape index (κ3) is 3.95. The van der Waals surface area contributed by atoms with E-state index in [4.69, 9.17) is 21.1 Å². The molecule has 4 nitrogen and oxygen atoms in total. The van der Waals surface area contributed by atoms with Gasteiger partial charge in [0.05, 0.1) is 5.88 Å².